The predicted octanol–water partition coefficient (Wildman–Crippen LogP) is 3.75. The van der Waals surface area contributed by atoms with Gasteiger partial charge in [0.05, 0.1) is 10.5 Å². The van der Waals surface area contributed by atoms with Crippen LogP contribution in [0.5, 0.6) is 11.5 Å². The van der Waals surface area contributed by atoms with E-state index in [9.17, 15) is 14.9 Å². The fraction of sp³-hybridized carbons (Fsp3) is 0.316. The molecule has 1 amide bonds. The molecule has 1 N–H and O–H groups in total. The molecule has 8 heteroatoms. The molecule has 0 unspecified atom stereocenters. The summed E-state index contributed by atoms with van der Waals surface area (Å²) in [6.45, 7) is 4.64. The van der Waals surface area contributed by atoms with Gasteiger partial charge in [0, 0.05) is 11.0 Å². The van der Waals surface area contributed by atoms with Crippen LogP contribution in [-0.4, -0.2) is 30.3 Å². The number of nitrogens with zero attached hydrogens (tertiary/aromatic N) is 1. The molecular weight excluding hydrogens is 368 g/mol. The Balaban J connectivity index is 1.89. The van der Waals surface area contributed by atoms with Gasteiger partial charge in [-0.2, -0.15) is 0 Å². The SMILES string of the molecule is CSc1ccc([N+](=O)[O-])c(C(=O)NC(C)(C)c2ccc3c(c2)OCCO3)c1. The first kappa shape index (κ1) is 19.0. The lowest BCUT2D eigenvalue weighted by molar-refractivity contribution is -0.385. The second-order valence-electron chi connectivity index (χ2n) is 6.58. The molecule has 142 valence electrons. The summed E-state index contributed by atoms with van der Waals surface area (Å²) < 4.78 is 11.1. The van der Waals surface area contributed by atoms with E-state index in [1.54, 1.807) is 12.1 Å². The summed E-state index contributed by atoms with van der Waals surface area (Å²) in [5, 5.41) is 14.2. The summed E-state index contributed by atoms with van der Waals surface area (Å²) in [5.41, 5.74) is -0.139. The van der Waals surface area contributed by atoms with Gasteiger partial charge in [0.1, 0.15) is 18.8 Å². The number of fused-ring (bicyclic) bond motifs is 1. The van der Waals surface area contributed by atoms with Crippen LogP contribution in [0.2, 0.25) is 0 Å². The molecule has 0 radical (unpaired) electrons. The lowest BCUT2D eigenvalue weighted by Gasteiger charge is -2.28. The minimum Gasteiger partial charge on any atom is -0.486 e. The summed E-state index contributed by atoms with van der Waals surface area (Å²) >= 11 is 1.42. The zero-order valence-electron chi connectivity index (χ0n) is 15.3. The molecule has 27 heavy (non-hydrogen) atoms. The molecule has 0 atom stereocenters. The Morgan fingerprint density at radius 3 is 2.52 bits per heavy atom. The summed E-state index contributed by atoms with van der Waals surface area (Å²) in [6, 6.07) is 10.00. The minimum atomic E-state index is -0.768. The van der Waals surface area contributed by atoms with Crippen LogP contribution in [0.15, 0.2) is 41.3 Å². The van der Waals surface area contributed by atoms with Gasteiger partial charge in [0.15, 0.2) is 11.5 Å². The zero-order chi connectivity index (χ0) is 19.6. The number of nitro groups is 1. The summed E-state index contributed by atoms with van der Waals surface area (Å²) in [4.78, 5) is 24.4. The number of ether oxygens (including phenoxy) is 2. The second kappa shape index (κ2) is 7.48. The van der Waals surface area contributed by atoms with Crippen molar-refractivity contribution in [3.05, 3.63) is 57.6 Å². The number of nitrogens with one attached hydrogen (secondary N) is 1. The number of carbonyl (C=O) groups is 1. The van der Waals surface area contributed by atoms with Crippen molar-refractivity contribution in [2.45, 2.75) is 24.3 Å². The molecule has 3 rings (SSSR count). The maximum atomic E-state index is 12.8. The Morgan fingerprint density at radius 1 is 1.15 bits per heavy atom. The fourth-order valence-electron chi connectivity index (χ4n) is 2.84. The first-order chi connectivity index (χ1) is 12.8. The first-order valence-electron chi connectivity index (χ1n) is 8.37. The molecule has 1 aliphatic rings. The van der Waals surface area contributed by atoms with Gasteiger partial charge in [-0.15, -0.1) is 11.8 Å². The zero-order valence-corrected chi connectivity index (χ0v) is 16.1. The maximum absolute atomic E-state index is 12.8. The third-order valence-corrected chi connectivity index (χ3v) is 5.06. The van der Waals surface area contributed by atoms with Gasteiger partial charge in [0.25, 0.3) is 11.6 Å². The fourth-order valence-corrected chi connectivity index (χ4v) is 3.28. The van der Waals surface area contributed by atoms with Crippen LogP contribution in [0, 0.1) is 10.1 Å². The standard InChI is InChI=1S/C19H20N2O5S/c1-19(2,12-4-7-16-17(10-12)26-9-8-25-16)20-18(22)14-11-13(27-3)5-6-15(14)21(23)24/h4-7,10-11H,8-9H2,1-3H3,(H,20,22). The van der Waals surface area contributed by atoms with Gasteiger partial charge in [-0.25, -0.2) is 0 Å². The van der Waals surface area contributed by atoms with Crippen molar-refractivity contribution in [2.24, 2.45) is 0 Å². The molecular formula is C19H20N2O5S. The van der Waals surface area contributed by atoms with Crippen LogP contribution in [0.3, 0.4) is 0 Å². The van der Waals surface area contributed by atoms with Crippen LogP contribution in [0.4, 0.5) is 5.69 Å². The molecule has 2 aromatic rings. The van der Waals surface area contributed by atoms with Crippen molar-refractivity contribution in [1.82, 2.24) is 5.32 Å². The average molecular weight is 388 g/mol. The number of thioether (sulfide) groups is 1. The molecule has 0 fully saturated rings. The lowest BCUT2D eigenvalue weighted by atomic mass is 9.93. The molecule has 7 nitrogen and oxygen atoms in total. The summed E-state index contributed by atoms with van der Waals surface area (Å²) in [7, 11) is 0. The number of amides is 1. The van der Waals surface area contributed by atoms with Crippen molar-refractivity contribution in [2.75, 3.05) is 19.5 Å². The van der Waals surface area contributed by atoms with Crippen molar-refractivity contribution in [3.63, 3.8) is 0 Å². The number of benzene rings is 2. The van der Waals surface area contributed by atoms with Crippen LogP contribution in [0.1, 0.15) is 29.8 Å². The Morgan fingerprint density at radius 2 is 1.85 bits per heavy atom. The van der Waals surface area contributed by atoms with Gasteiger partial charge in [-0.3, -0.25) is 14.9 Å². The van der Waals surface area contributed by atoms with Crippen LogP contribution >= 0.6 is 11.8 Å². The number of rotatable bonds is 5. The number of carbonyl (C=O) groups excluding carboxylic acids is 1. The average Bonchev–Trinajstić information content (AvgIpc) is 2.66. The minimum absolute atomic E-state index is 0.0393. The van der Waals surface area contributed by atoms with Crippen molar-refractivity contribution in [1.29, 1.82) is 0 Å². The Bertz CT molecular complexity index is 898. The van der Waals surface area contributed by atoms with Gasteiger partial charge < -0.3 is 14.8 Å². The van der Waals surface area contributed by atoms with E-state index in [0.717, 1.165) is 10.5 Å². The smallest absolute Gasteiger partial charge is 0.282 e. The van der Waals surface area contributed by atoms with E-state index in [1.807, 2.05) is 32.2 Å². The van der Waals surface area contributed by atoms with Gasteiger partial charge in [0.2, 0.25) is 0 Å². The maximum Gasteiger partial charge on any atom is 0.282 e. The highest BCUT2D eigenvalue weighted by atomic mass is 32.2. The third kappa shape index (κ3) is 4.00. The monoisotopic (exact) mass is 388 g/mol. The van der Waals surface area contributed by atoms with Gasteiger partial charge in [-0.05, 0) is 49.9 Å². The van der Waals surface area contributed by atoms with Crippen molar-refractivity contribution >= 4 is 23.4 Å². The normalized spacial score (nSPS) is 13.1. The number of hydrogen-bond acceptors (Lipinski definition) is 6. The number of nitro benzene ring substituents is 1. The Hall–Kier alpha value is -2.74. The van der Waals surface area contributed by atoms with Crippen LogP contribution in [-0.2, 0) is 5.54 Å². The number of hydrogen-bond donors (Lipinski definition) is 1. The lowest BCUT2D eigenvalue weighted by Crippen LogP contribution is -2.41. The molecule has 0 aromatic heterocycles. The molecule has 1 heterocycles. The van der Waals surface area contributed by atoms with E-state index in [0.29, 0.717) is 24.7 Å². The summed E-state index contributed by atoms with van der Waals surface area (Å²) in [6.07, 6.45) is 1.85. The van der Waals surface area contributed by atoms with Crippen LogP contribution in [0.25, 0.3) is 0 Å². The summed E-state index contributed by atoms with van der Waals surface area (Å²) in [5.74, 6) is 0.782. The predicted molar refractivity (Wildman–Crippen MR) is 103 cm³/mol. The van der Waals surface area contributed by atoms with Gasteiger partial charge >= 0.3 is 0 Å². The molecule has 2 aromatic carbocycles. The van der Waals surface area contributed by atoms with E-state index < -0.39 is 16.4 Å². The molecule has 0 aliphatic carbocycles. The van der Waals surface area contributed by atoms with E-state index in [-0.39, 0.29) is 11.3 Å². The highest BCUT2D eigenvalue weighted by molar-refractivity contribution is 7.98. The highest BCUT2D eigenvalue weighted by Gasteiger charge is 2.29. The Labute approximate surface area is 161 Å². The topological polar surface area (TPSA) is 90.7 Å². The van der Waals surface area contributed by atoms with E-state index in [1.165, 1.54) is 23.9 Å². The van der Waals surface area contributed by atoms with Crippen molar-refractivity contribution in [3.8, 4) is 11.5 Å². The largest absolute Gasteiger partial charge is 0.486 e. The molecule has 0 spiro atoms. The van der Waals surface area contributed by atoms with E-state index >= 15 is 0 Å². The van der Waals surface area contributed by atoms with E-state index in [4.69, 9.17) is 9.47 Å². The molecule has 0 bridgehead atoms. The quantitative estimate of drug-likeness (QED) is 0.476. The van der Waals surface area contributed by atoms with E-state index in [2.05, 4.69) is 5.32 Å². The van der Waals surface area contributed by atoms with Gasteiger partial charge in [-0.1, -0.05) is 6.07 Å². The third-order valence-electron chi connectivity index (χ3n) is 4.33. The molecule has 0 saturated carbocycles. The molecule has 1 aliphatic heterocycles. The molecule has 0 saturated heterocycles. The Kier molecular flexibility index (Phi) is 5.27. The van der Waals surface area contributed by atoms with Crippen LogP contribution < -0.4 is 14.8 Å². The second-order valence-corrected chi connectivity index (χ2v) is 7.46. The van der Waals surface area contributed by atoms with Crippen molar-refractivity contribution < 1.29 is 19.2 Å². The highest BCUT2D eigenvalue weighted by Crippen LogP contribution is 2.34. The first-order valence-corrected chi connectivity index (χ1v) is 9.59.